The fourth-order valence-corrected chi connectivity index (χ4v) is 4.59. The average Bonchev–Trinajstić information content (AvgIpc) is 3.15. The fraction of sp³-hybridized carbons (Fsp3) is 0.583. The van der Waals surface area contributed by atoms with E-state index in [4.69, 9.17) is 18.9 Å². The fourth-order valence-electron chi connectivity index (χ4n) is 4.59. The monoisotopic (exact) mass is 444 g/mol. The van der Waals surface area contributed by atoms with Gasteiger partial charge >= 0.3 is 12.1 Å². The molecule has 1 aromatic heterocycles. The Morgan fingerprint density at radius 2 is 1.59 bits per heavy atom. The van der Waals surface area contributed by atoms with Crippen LogP contribution in [-0.2, 0) is 9.47 Å². The van der Waals surface area contributed by atoms with Gasteiger partial charge in [0.2, 0.25) is 0 Å². The van der Waals surface area contributed by atoms with Crippen molar-refractivity contribution in [2.75, 3.05) is 40.5 Å². The van der Waals surface area contributed by atoms with Gasteiger partial charge in [-0.25, -0.2) is 9.59 Å². The van der Waals surface area contributed by atoms with Gasteiger partial charge in [-0.2, -0.15) is 0 Å². The van der Waals surface area contributed by atoms with Gasteiger partial charge in [0, 0.05) is 23.1 Å². The van der Waals surface area contributed by atoms with Crippen molar-refractivity contribution in [1.82, 2.24) is 9.47 Å². The van der Waals surface area contributed by atoms with Crippen LogP contribution in [0, 0.1) is 5.41 Å². The van der Waals surface area contributed by atoms with Crippen LogP contribution >= 0.6 is 0 Å². The lowest BCUT2D eigenvalue weighted by Gasteiger charge is -2.47. The summed E-state index contributed by atoms with van der Waals surface area (Å²) in [6.07, 6.45) is 4.05. The maximum Gasteiger partial charge on any atom is 0.419 e. The van der Waals surface area contributed by atoms with Crippen LogP contribution < -0.4 is 9.47 Å². The summed E-state index contributed by atoms with van der Waals surface area (Å²) in [5.74, 6) is 0.469. The third-order valence-corrected chi connectivity index (χ3v) is 6.50. The minimum atomic E-state index is -0.681. The maximum absolute atomic E-state index is 13.2. The molecule has 174 valence electrons. The number of ether oxygens (including phenoxy) is 4. The zero-order valence-electron chi connectivity index (χ0n) is 19.5. The number of esters is 1. The van der Waals surface area contributed by atoms with Gasteiger partial charge in [0.15, 0.2) is 11.5 Å². The lowest BCUT2D eigenvalue weighted by atomic mass is 9.73. The van der Waals surface area contributed by atoms with E-state index in [1.54, 1.807) is 32.9 Å². The number of methoxy groups -OCH3 is 2. The van der Waals surface area contributed by atoms with Crippen LogP contribution in [0.2, 0.25) is 0 Å². The van der Waals surface area contributed by atoms with Gasteiger partial charge in [0.05, 0.1) is 31.9 Å². The van der Waals surface area contributed by atoms with Crippen molar-refractivity contribution < 1.29 is 28.5 Å². The number of carbonyl (C=O) groups is 2. The number of hydrogen-bond acceptors (Lipinski definition) is 7. The van der Waals surface area contributed by atoms with Crippen LogP contribution in [0.3, 0.4) is 0 Å². The summed E-state index contributed by atoms with van der Waals surface area (Å²) in [4.78, 5) is 28.5. The highest BCUT2D eigenvalue weighted by molar-refractivity contribution is 6.07. The van der Waals surface area contributed by atoms with Gasteiger partial charge in [-0.15, -0.1) is 0 Å². The van der Waals surface area contributed by atoms with E-state index >= 15 is 0 Å². The lowest BCUT2D eigenvalue weighted by molar-refractivity contribution is -0.0304. The molecule has 3 fully saturated rings. The van der Waals surface area contributed by atoms with Gasteiger partial charge in [0.1, 0.15) is 5.60 Å². The first-order chi connectivity index (χ1) is 15.1. The predicted molar refractivity (Wildman–Crippen MR) is 120 cm³/mol. The van der Waals surface area contributed by atoms with E-state index in [1.807, 2.05) is 0 Å². The number of nitrogens with zero attached hydrogens (tertiary/aromatic N) is 2. The molecule has 8 heteroatoms. The van der Waals surface area contributed by atoms with Crippen LogP contribution in [0.25, 0.3) is 10.9 Å². The largest absolute Gasteiger partial charge is 0.493 e. The van der Waals surface area contributed by atoms with Crippen molar-refractivity contribution in [3.63, 3.8) is 0 Å². The normalized spacial score (nSPS) is 22.6. The number of piperidine rings is 3. The number of carbonyl (C=O) groups excluding carboxylic acids is 2. The van der Waals surface area contributed by atoms with Gasteiger partial charge in [-0.1, -0.05) is 0 Å². The van der Waals surface area contributed by atoms with Crippen LogP contribution in [0.4, 0.5) is 4.79 Å². The lowest BCUT2D eigenvalue weighted by Crippen LogP contribution is -2.50. The molecule has 3 aliphatic heterocycles. The number of benzene rings is 1. The summed E-state index contributed by atoms with van der Waals surface area (Å²) in [5, 5.41) is 0.550. The molecule has 1 aromatic carbocycles. The first kappa shape index (κ1) is 22.5. The third-order valence-electron chi connectivity index (χ3n) is 6.50. The van der Waals surface area contributed by atoms with E-state index in [0.29, 0.717) is 34.6 Å². The van der Waals surface area contributed by atoms with Crippen molar-refractivity contribution in [2.45, 2.75) is 45.6 Å². The Morgan fingerprint density at radius 3 is 2.16 bits per heavy atom. The second kappa shape index (κ2) is 8.31. The summed E-state index contributed by atoms with van der Waals surface area (Å²) in [5.41, 5.74) is 0.179. The molecular weight excluding hydrogens is 412 g/mol. The van der Waals surface area contributed by atoms with E-state index < -0.39 is 17.7 Å². The second-order valence-corrected chi connectivity index (χ2v) is 9.79. The van der Waals surface area contributed by atoms with Gasteiger partial charge < -0.3 is 23.8 Å². The SMILES string of the molecule is COc1cc2c(C(=O)OCC34CCN(CC3)CC4)cn(C(=O)OC(C)(C)C)c2cc1OC. The molecule has 0 aliphatic carbocycles. The summed E-state index contributed by atoms with van der Waals surface area (Å²) in [6.45, 7) is 8.97. The highest BCUT2D eigenvalue weighted by atomic mass is 16.6. The quantitative estimate of drug-likeness (QED) is 0.643. The first-order valence-electron chi connectivity index (χ1n) is 11.0. The predicted octanol–water partition coefficient (Wildman–Crippen LogP) is 4.08. The van der Waals surface area contributed by atoms with Crippen LogP contribution in [0.1, 0.15) is 50.4 Å². The molecule has 32 heavy (non-hydrogen) atoms. The molecule has 4 heterocycles. The summed E-state index contributed by atoms with van der Waals surface area (Å²) < 4.78 is 23.5. The number of rotatable bonds is 5. The standard InChI is InChI=1S/C24H32N2O6/c1-23(2,3)32-22(28)26-14-17(16-12-19(29-4)20(30-5)13-18(16)26)21(27)31-15-24-6-9-25(10-7-24)11-8-24/h12-14H,6-11,15H2,1-5H3. The van der Waals surface area contributed by atoms with Gasteiger partial charge in [-0.3, -0.25) is 4.57 Å². The van der Waals surface area contributed by atoms with Gasteiger partial charge in [-0.05, 0) is 65.7 Å². The molecule has 8 nitrogen and oxygen atoms in total. The van der Waals surface area contributed by atoms with Gasteiger partial charge in [0.25, 0.3) is 0 Å². The molecule has 0 radical (unpaired) electrons. The van der Waals surface area contributed by atoms with E-state index in [0.717, 1.165) is 38.9 Å². The topological polar surface area (TPSA) is 79.2 Å². The van der Waals surface area contributed by atoms with E-state index in [9.17, 15) is 9.59 Å². The first-order valence-corrected chi connectivity index (χ1v) is 11.0. The maximum atomic E-state index is 13.2. The Bertz CT molecular complexity index is 1010. The van der Waals surface area contributed by atoms with Crippen LogP contribution in [0.15, 0.2) is 18.3 Å². The molecule has 0 atom stereocenters. The summed E-state index contributed by atoms with van der Waals surface area (Å²) in [7, 11) is 3.05. The smallest absolute Gasteiger partial charge is 0.419 e. The molecule has 3 aliphatic rings. The average molecular weight is 445 g/mol. The molecule has 2 aromatic rings. The van der Waals surface area contributed by atoms with Crippen molar-refractivity contribution in [3.05, 3.63) is 23.9 Å². The van der Waals surface area contributed by atoms with Crippen molar-refractivity contribution in [1.29, 1.82) is 0 Å². The highest BCUT2D eigenvalue weighted by Crippen LogP contribution is 2.41. The molecule has 0 unspecified atom stereocenters. The number of hydrogen-bond donors (Lipinski definition) is 0. The van der Waals surface area contributed by atoms with Crippen molar-refractivity contribution in [2.24, 2.45) is 5.41 Å². The van der Waals surface area contributed by atoms with Crippen molar-refractivity contribution >= 4 is 23.0 Å². The summed E-state index contributed by atoms with van der Waals surface area (Å²) >= 11 is 0. The summed E-state index contributed by atoms with van der Waals surface area (Å²) in [6, 6.07) is 3.37. The molecule has 0 saturated carbocycles. The third kappa shape index (κ3) is 4.28. The Balaban J connectivity index is 1.67. The Kier molecular flexibility index (Phi) is 5.83. The molecule has 0 N–H and O–H groups in total. The Labute approximate surface area is 188 Å². The van der Waals surface area contributed by atoms with E-state index in [-0.39, 0.29) is 5.41 Å². The minimum absolute atomic E-state index is 0.0643. The molecule has 5 rings (SSSR count). The molecule has 2 bridgehead atoms. The molecule has 3 saturated heterocycles. The van der Waals surface area contributed by atoms with Crippen LogP contribution in [-0.4, -0.2) is 67.6 Å². The van der Waals surface area contributed by atoms with E-state index in [1.165, 1.54) is 25.0 Å². The highest BCUT2D eigenvalue weighted by Gasteiger charge is 2.40. The zero-order valence-corrected chi connectivity index (χ0v) is 19.5. The Morgan fingerprint density at radius 1 is 1.00 bits per heavy atom. The van der Waals surface area contributed by atoms with Crippen molar-refractivity contribution in [3.8, 4) is 11.5 Å². The van der Waals surface area contributed by atoms with E-state index in [2.05, 4.69) is 4.90 Å². The Hall–Kier alpha value is -2.74. The minimum Gasteiger partial charge on any atom is -0.493 e. The molecule has 0 amide bonds. The van der Waals surface area contributed by atoms with Crippen LogP contribution in [0.5, 0.6) is 11.5 Å². The zero-order chi connectivity index (χ0) is 23.1. The number of fused-ring (bicyclic) bond motifs is 4. The second-order valence-electron chi connectivity index (χ2n) is 9.79. The number of aromatic nitrogens is 1. The molecular formula is C24H32N2O6. The molecule has 0 spiro atoms.